The Balaban J connectivity index is 2.69. The highest BCUT2D eigenvalue weighted by atomic mass is 16.2. The summed E-state index contributed by atoms with van der Waals surface area (Å²) in [6.07, 6.45) is 1.35. The lowest BCUT2D eigenvalue weighted by Gasteiger charge is -2.13. The van der Waals surface area contributed by atoms with E-state index in [9.17, 15) is 9.59 Å². The van der Waals surface area contributed by atoms with E-state index in [0.29, 0.717) is 12.3 Å². The Hall–Kier alpha value is -0.660. The molecular weight excluding hydrogens is 176 g/mol. The molecule has 1 aliphatic rings. The predicted octanol–water partition coefficient (Wildman–Crippen LogP) is 2.46. The number of carbonyl (C=O) groups is 2. The third-order valence-electron chi connectivity index (χ3n) is 2.93. The molecule has 2 nitrogen and oxygen atoms in total. The van der Waals surface area contributed by atoms with Gasteiger partial charge in [0, 0.05) is 12.3 Å². The van der Waals surface area contributed by atoms with Gasteiger partial charge in [0.05, 0.1) is 5.92 Å². The van der Waals surface area contributed by atoms with Crippen molar-refractivity contribution in [3.05, 3.63) is 0 Å². The van der Waals surface area contributed by atoms with Gasteiger partial charge in [-0.15, -0.1) is 0 Å². The first-order valence-electron chi connectivity index (χ1n) is 5.50. The Labute approximate surface area is 86.1 Å². The first-order chi connectivity index (χ1) is 6.43. The van der Waals surface area contributed by atoms with Crippen LogP contribution < -0.4 is 0 Å². The van der Waals surface area contributed by atoms with E-state index in [2.05, 4.69) is 13.8 Å². The van der Waals surface area contributed by atoms with Crippen LogP contribution in [0, 0.1) is 23.7 Å². The molecule has 2 unspecified atom stereocenters. The highest BCUT2D eigenvalue weighted by Gasteiger charge is 2.42. The quantitative estimate of drug-likeness (QED) is 0.650. The van der Waals surface area contributed by atoms with E-state index >= 15 is 0 Å². The maximum atomic E-state index is 11.9. The molecular formula is C12H20O2. The van der Waals surface area contributed by atoms with Gasteiger partial charge in [-0.25, -0.2) is 0 Å². The van der Waals surface area contributed by atoms with Crippen LogP contribution in [-0.2, 0) is 9.59 Å². The number of hydrogen-bond acceptors (Lipinski definition) is 2. The van der Waals surface area contributed by atoms with Crippen LogP contribution in [-0.4, -0.2) is 11.6 Å². The van der Waals surface area contributed by atoms with E-state index < -0.39 is 0 Å². The van der Waals surface area contributed by atoms with Crippen LogP contribution in [0.4, 0.5) is 0 Å². The Morgan fingerprint density at radius 2 is 1.79 bits per heavy atom. The monoisotopic (exact) mass is 196 g/mol. The second-order valence-electron chi connectivity index (χ2n) is 5.12. The van der Waals surface area contributed by atoms with Crippen molar-refractivity contribution in [1.82, 2.24) is 0 Å². The van der Waals surface area contributed by atoms with Crippen molar-refractivity contribution in [3.63, 3.8) is 0 Å². The van der Waals surface area contributed by atoms with Gasteiger partial charge in [-0.1, -0.05) is 27.7 Å². The molecule has 0 aromatic heterocycles. The molecule has 0 saturated heterocycles. The Morgan fingerprint density at radius 1 is 1.21 bits per heavy atom. The van der Waals surface area contributed by atoms with Crippen LogP contribution in [0.25, 0.3) is 0 Å². The molecule has 1 saturated carbocycles. The van der Waals surface area contributed by atoms with E-state index in [1.54, 1.807) is 0 Å². The van der Waals surface area contributed by atoms with Gasteiger partial charge < -0.3 is 0 Å². The third kappa shape index (κ3) is 2.23. The lowest BCUT2D eigenvalue weighted by atomic mass is 9.89. The van der Waals surface area contributed by atoms with E-state index in [0.717, 1.165) is 6.42 Å². The van der Waals surface area contributed by atoms with Gasteiger partial charge >= 0.3 is 0 Å². The summed E-state index contributed by atoms with van der Waals surface area (Å²) in [7, 11) is 0. The molecule has 80 valence electrons. The molecule has 0 amide bonds. The van der Waals surface area contributed by atoms with Gasteiger partial charge in [-0.2, -0.15) is 0 Å². The van der Waals surface area contributed by atoms with Crippen LogP contribution in [0.1, 0.15) is 40.5 Å². The fourth-order valence-corrected chi connectivity index (χ4v) is 2.35. The molecule has 0 N–H and O–H groups in total. The summed E-state index contributed by atoms with van der Waals surface area (Å²) >= 11 is 0. The van der Waals surface area contributed by atoms with Gasteiger partial charge in [0.1, 0.15) is 11.6 Å². The van der Waals surface area contributed by atoms with E-state index in [1.165, 1.54) is 0 Å². The van der Waals surface area contributed by atoms with Crippen LogP contribution in [0.2, 0.25) is 0 Å². The molecule has 2 atom stereocenters. The molecule has 0 heterocycles. The minimum absolute atomic E-state index is 0.00917. The first-order valence-corrected chi connectivity index (χ1v) is 5.50. The van der Waals surface area contributed by atoms with Gasteiger partial charge in [-0.05, 0) is 18.3 Å². The lowest BCUT2D eigenvalue weighted by molar-refractivity contribution is -0.129. The van der Waals surface area contributed by atoms with Gasteiger partial charge in [-0.3, -0.25) is 9.59 Å². The molecule has 0 aromatic carbocycles. The third-order valence-corrected chi connectivity index (χ3v) is 2.93. The SMILES string of the molecule is CC(C)CC1CC(=O)C(C(C)C)C1=O. The molecule has 1 aliphatic carbocycles. The zero-order valence-corrected chi connectivity index (χ0v) is 9.54. The summed E-state index contributed by atoms with van der Waals surface area (Å²) in [5.41, 5.74) is 0. The van der Waals surface area contributed by atoms with Gasteiger partial charge in [0.25, 0.3) is 0 Å². The van der Waals surface area contributed by atoms with Crippen molar-refractivity contribution in [2.24, 2.45) is 23.7 Å². The Kier molecular flexibility index (Phi) is 3.46. The van der Waals surface area contributed by atoms with Crippen molar-refractivity contribution in [1.29, 1.82) is 0 Å². The summed E-state index contributed by atoms with van der Waals surface area (Å²) in [5, 5.41) is 0. The largest absolute Gasteiger partial charge is 0.299 e. The van der Waals surface area contributed by atoms with E-state index in [-0.39, 0.29) is 29.3 Å². The number of hydrogen-bond donors (Lipinski definition) is 0. The van der Waals surface area contributed by atoms with Gasteiger partial charge in [0.2, 0.25) is 0 Å². The van der Waals surface area contributed by atoms with Crippen molar-refractivity contribution in [2.75, 3.05) is 0 Å². The van der Waals surface area contributed by atoms with E-state index in [1.807, 2.05) is 13.8 Å². The highest BCUT2D eigenvalue weighted by molar-refractivity contribution is 6.10. The van der Waals surface area contributed by atoms with Gasteiger partial charge in [0.15, 0.2) is 0 Å². The van der Waals surface area contributed by atoms with Crippen molar-refractivity contribution < 1.29 is 9.59 Å². The van der Waals surface area contributed by atoms with Crippen LogP contribution >= 0.6 is 0 Å². The van der Waals surface area contributed by atoms with Crippen molar-refractivity contribution in [3.8, 4) is 0 Å². The maximum Gasteiger partial charge on any atom is 0.147 e. The summed E-state index contributed by atoms with van der Waals surface area (Å²) in [6.45, 7) is 8.11. The molecule has 0 aromatic rings. The summed E-state index contributed by atoms with van der Waals surface area (Å²) < 4.78 is 0. The molecule has 14 heavy (non-hydrogen) atoms. The lowest BCUT2D eigenvalue weighted by Crippen LogP contribution is -2.23. The Bertz CT molecular complexity index is 241. The molecule has 0 bridgehead atoms. The normalized spacial score (nSPS) is 28.1. The fraction of sp³-hybridized carbons (Fsp3) is 0.833. The minimum Gasteiger partial charge on any atom is -0.299 e. The fourth-order valence-electron chi connectivity index (χ4n) is 2.35. The molecule has 1 rings (SSSR count). The number of Topliss-reactive ketones (excluding diaryl/α,β-unsaturated/α-hetero) is 2. The second-order valence-corrected chi connectivity index (χ2v) is 5.12. The van der Waals surface area contributed by atoms with Crippen LogP contribution in [0.5, 0.6) is 0 Å². The first kappa shape index (κ1) is 11.4. The van der Waals surface area contributed by atoms with Crippen LogP contribution in [0.3, 0.4) is 0 Å². The maximum absolute atomic E-state index is 11.9. The second kappa shape index (κ2) is 4.24. The van der Waals surface area contributed by atoms with E-state index in [4.69, 9.17) is 0 Å². The highest BCUT2D eigenvalue weighted by Crippen LogP contribution is 2.33. The summed E-state index contributed by atoms with van der Waals surface area (Å²) in [4.78, 5) is 23.5. The smallest absolute Gasteiger partial charge is 0.147 e. The summed E-state index contributed by atoms with van der Waals surface area (Å²) in [5.74, 6) is 0.734. The summed E-state index contributed by atoms with van der Waals surface area (Å²) in [6, 6.07) is 0. The average Bonchev–Trinajstić information content (AvgIpc) is 2.25. The zero-order chi connectivity index (χ0) is 10.9. The molecule has 2 heteroatoms. The minimum atomic E-state index is -0.307. The average molecular weight is 196 g/mol. The number of ketones is 2. The molecule has 0 spiro atoms. The topological polar surface area (TPSA) is 34.1 Å². The molecule has 0 aliphatic heterocycles. The van der Waals surface area contributed by atoms with Crippen molar-refractivity contribution >= 4 is 11.6 Å². The molecule has 0 radical (unpaired) electrons. The number of carbonyl (C=O) groups excluding carboxylic acids is 2. The van der Waals surface area contributed by atoms with Crippen molar-refractivity contribution in [2.45, 2.75) is 40.5 Å². The predicted molar refractivity (Wildman–Crippen MR) is 55.9 cm³/mol. The standard InChI is InChI=1S/C12H20O2/c1-7(2)5-9-6-10(13)11(8(3)4)12(9)14/h7-9,11H,5-6H2,1-4H3. The Morgan fingerprint density at radius 3 is 2.14 bits per heavy atom. The number of rotatable bonds is 3. The van der Waals surface area contributed by atoms with Crippen LogP contribution in [0.15, 0.2) is 0 Å². The zero-order valence-electron chi connectivity index (χ0n) is 9.54. The molecule has 1 fully saturated rings.